The van der Waals surface area contributed by atoms with Gasteiger partial charge >= 0.3 is 12.0 Å². The van der Waals surface area contributed by atoms with Crippen LogP contribution in [0.25, 0.3) is 0 Å². The number of esters is 1. The van der Waals surface area contributed by atoms with E-state index >= 15 is 0 Å². The van der Waals surface area contributed by atoms with E-state index in [0.29, 0.717) is 23.5 Å². The fraction of sp³-hybridized carbons (Fsp3) is 0.222. The lowest BCUT2D eigenvalue weighted by Crippen LogP contribution is -2.21. The highest BCUT2D eigenvalue weighted by Gasteiger charge is 2.14. The predicted octanol–water partition coefficient (Wildman–Crippen LogP) is 4.29. The van der Waals surface area contributed by atoms with Crippen LogP contribution >= 0.6 is 0 Å². The summed E-state index contributed by atoms with van der Waals surface area (Å²) < 4.78 is 5.20. The van der Waals surface area contributed by atoms with Crippen molar-refractivity contribution in [1.29, 1.82) is 0 Å². The van der Waals surface area contributed by atoms with Gasteiger partial charge in [0.05, 0.1) is 17.9 Å². The zero-order chi connectivity index (χ0) is 16.5. The molecule has 0 aromatic heterocycles. The number of carbonyl (C=O) groups excluding carboxylic acids is 2. The molecule has 0 unspecified atom stereocenters. The molecule has 0 saturated heterocycles. The van der Waals surface area contributed by atoms with Gasteiger partial charge < -0.3 is 15.4 Å². The van der Waals surface area contributed by atoms with E-state index in [1.54, 1.807) is 36.4 Å². The van der Waals surface area contributed by atoms with E-state index in [9.17, 15) is 9.59 Å². The number of rotatable bonds is 6. The molecule has 0 heterocycles. The van der Waals surface area contributed by atoms with E-state index in [2.05, 4.69) is 10.6 Å². The summed E-state index contributed by atoms with van der Waals surface area (Å²) in [6, 6.07) is 15.5. The second-order valence-corrected chi connectivity index (χ2v) is 4.98. The molecule has 0 saturated carbocycles. The minimum Gasteiger partial charge on any atom is -0.462 e. The molecule has 2 aromatic rings. The van der Waals surface area contributed by atoms with Crippen LogP contribution in [0.15, 0.2) is 54.6 Å². The van der Waals surface area contributed by atoms with Crippen molar-refractivity contribution >= 4 is 23.4 Å². The van der Waals surface area contributed by atoms with E-state index in [0.717, 1.165) is 12.8 Å². The Morgan fingerprint density at radius 3 is 2.39 bits per heavy atom. The quantitative estimate of drug-likeness (QED) is 0.617. The highest BCUT2D eigenvalue weighted by molar-refractivity contribution is 6.05. The lowest BCUT2D eigenvalue weighted by Gasteiger charge is -2.11. The van der Waals surface area contributed by atoms with Crippen molar-refractivity contribution in [3.63, 3.8) is 0 Å². The van der Waals surface area contributed by atoms with Gasteiger partial charge in [0, 0.05) is 5.69 Å². The van der Waals surface area contributed by atoms with Gasteiger partial charge in [-0.3, -0.25) is 0 Å². The van der Waals surface area contributed by atoms with Crippen molar-refractivity contribution < 1.29 is 14.3 Å². The number of hydrogen-bond donors (Lipinski definition) is 2. The third-order valence-electron chi connectivity index (χ3n) is 3.16. The van der Waals surface area contributed by atoms with Crippen molar-refractivity contribution in [3.8, 4) is 0 Å². The van der Waals surface area contributed by atoms with Gasteiger partial charge in [-0.05, 0) is 30.7 Å². The van der Waals surface area contributed by atoms with E-state index in [1.807, 2.05) is 25.1 Å². The van der Waals surface area contributed by atoms with Crippen molar-refractivity contribution in [1.82, 2.24) is 0 Å². The number of nitrogens with one attached hydrogen (secondary N) is 2. The summed E-state index contributed by atoms with van der Waals surface area (Å²) in [6.45, 7) is 2.40. The minimum absolute atomic E-state index is 0.340. The third kappa shape index (κ3) is 5.14. The van der Waals surface area contributed by atoms with Crippen molar-refractivity contribution in [3.05, 3.63) is 60.2 Å². The van der Waals surface area contributed by atoms with E-state index < -0.39 is 12.0 Å². The maximum Gasteiger partial charge on any atom is 0.340 e. The molecule has 2 rings (SSSR count). The molecule has 120 valence electrons. The third-order valence-corrected chi connectivity index (χ3v) is 3.16. The van der Waals surface area contributed by atoms with E-state index in [1.165, 1.54) is 0 Å². The Labute approximate surface area is 135 Å². The molecule has 0 spiro atoms. The number of hydrogen-bond acceptors (Lipinski definition) is 3. The average Bonchev–Trinajstić information content (AvgIpc) is 2.56. The Morgan fingerprint density at radius 1 is 0.957 bits per heavy atom. The van der Waals surface area contributed by atoms with Crippen molar-refractivity contribution in [2.45, 2.75) is 19.8 Å². The topological polar surface area (TPSA) is 67.4 Å². The number of benzene rings is 2. The number of para-hydroxylation sites is 2. The molecule has 5 nitrogen and oxygen atoms in total. The number of amides is 2. The standard InChI is InChI=1S/C18H20N2O3/c1-2-3-13-23-17(21)15-11-7-8-12-16(15)20-18(22)19-14-9-5-4-6-10-14/h4-12H,2-3,13H2,1H3,(H2,19,20,22). The van der Waals surface area contributed by atoms with Gasteiger partial charge in [0.1, 0.15) is 0 Å². The number of urea groups is 1. The highest BCUT2D eigenvalue weighted by Crippen LogP contribution is 2.17. The predicted molar refractivity (Wildman–Crippen MR) is 90.7 cm³/mol. The number of ether oxygens (including phenoxy) is 1. The smallest absolute Gasteiger partial charge is 0.340 e. The molecule has 0 fully saturated rings. The molecule has 2 amide bonds. The van der Waals surface area contributed by atoms with Crippen LogP contribution in [0, 0.1) is 0 Å². The summed E-state index contributed by atoms with van der Waals surface area (Å²) in [5, 5.41) is 5.39. The van der Waals surface area contributed by atoms with Crippen LogP contribution in [0.2, 0.25) is 0 Å². The second-order valence-electron chi connectivity index (χ2n) is 4.98. The molecule has 2 N–H and O–H groups in total. The fourth-order valence-corrected chi connectivity index (χ4v) is 1.96. The van der Waals surface area contributed by atoms with Gasteiger partial charge in [0.25, 0.3) is 0 Å². The lowest BCUT2D eigenvalue weighted by molar-refractivity contribution is 0.0501. The molecule has 0 bridgehead atoms. The summed E-state index contributed by atoms with van der Waals surface area (Å²) in [6.07, 6.45) is 1.77. The van der Waals surface area contributed by atoms with Gasteiger partial charge in [-0.25, -0.2) is 9.59 Å². The van der Waals surface area contributed by atoms with Crippen molar-refractivity contribution in [2.24, 2.45) is 0 Å². The highest BCUT2D eigenvalue weighted by atomic mass is 16.5. The number of carbonyl (C=O) groups is 2. The minimum atomic E-state index is -0.436. The lowest BCUT2D eigenvalue weighted by atomic mass is 10.2. The maximum absolute atomic E-state index is 12.1. The zero-order valence-corrected chi connectivity index (χ0v) is 13.0. The molecular formula is C18H20N2O3. The molecule has 0 aliphatic rings. The van der Waals surface area contributed by atoms with Crippen LogP contribution in [-0.4, -0.2) is 18.6 Å². The summed E-state index contributed by atoms with van der Waals surface area (Å²) in [5.74, 6) is -0.436. The summed E-state index contributed by atoms with van der Waals surface area (Å²) in [5.41, 5.74) is 1.43. The monoisotopic (exact) mass is 312 g/mol. The molecule has 2 aromatic carbocycles. The molecule has 23 heavy (non-hydrogen) atoms. The second kappa shape index (κ2) is 8.58. The first kappa shape index (κ1) is 16.5. The normalized spacial score (nSPS) is 9.96. The molecule has 5 heteroatoms. The van der Waals surface area contributed by atoms with Crippen LogP contribution in [-0.2, 0) is 4.74 Å². The Bertz CT molecular complexity index is 656. The molecule has 0 aliphatic carbocycles. The van der Waals surface area contributed by atoms with Crippen LogP contribution in [0.1, 0.15) is 30.1 Å². The Morgan fingerprint density at radius 2 is 1.65 bits per heavy atom. The van der Waals surface area contributed by atoms with Gasteiger partial charge in [-0.15, -0.1) is 0 Å². The van der Waals surface area contributed by atoms with E-state index in [-0.39, 0.29) is 0 Å². The van der Waals surface area contributed by atoms with Crippen LogP contribution in [0.3, 0.4) is 0 Å². The van der Waals surface area contributed by atoms with Crippen LogP contribution in [0.5, 0.6) is 0 Å². The molecule has 0 aliphatic heterocycles. The van der Waals surface area contributed by atoms with Gasteiger partial charge in [-0.2, -0.15) is 0 Å². The van der Waals surface area contributed by atoms with E-state index in [4.69, 9.17) is 4.74 Å². The van der Waals surface area contributed by atoms with Gasteiger partial charge in [-0.1, -0.05) is 43.7 Å². The number of unbranched alkanes of at least 4 members (excludes halogenated alkanes) is 1. The van der Waals surface area contributed by atoms with Crippen LogP contribution in [0.4, 0.5) is 16.2 Å². The Balaban J connectivity index is 2.02. The van der Waals surface area contributed by atoms with Crippen molar-refractivity contribution in [2.75, 3.05) is 17.2 Å². The first-order valence-electron chi connectivity index (χ1n) is 7.60. The zero-order valence-electron chi connectivity index (χ0n) is 13.0. The summed E-state index contributed by atoms with van der Waals surface area (Å²) >= 11 is 0. The molecule has 0 atom stereocenters. The first-order chi connectivity index (χ1) is 11.2. The molecular weight excluding hydrogens is 292 g/mol. The van der Waals surface area contributed by atoms with Gasteiger partial charge in [0.2, 0.25) is 0 Å². The molecule has 0 radical (unpaired) electrons. The summed E-state index contributed by atoms with van der Waals surface area (Å²) in [7, 11) is 0. The first-order valence-corrected chi connectivity index (χ1v) is 7.60. The fourth-order valence-electron chi connectivity index (χ4n) is 1.96. The SMILES string of the molecule is CCCCOC(=O)c1ccccc1NC(=O)Nc1ccccc1. The van der Waals surface area contributed by atoms with Crippen LogP contribution < -0.4 is 10.6 Å². The summed E-state index contributed by atoms with van der Waals surface area (Å²) in [4.78, 5) is 24.1. The Hall–Kier alpha value is -2.82. The van der Waals surface area contributed by atoms with Gasteiger partial charge in [0.15, 0.2) is 0 Å². The number of anilines is 2. The Kier molecular flexibility index (Phi) is 6.17. The largest absolute Gasteiger partial charge is 0.462 e. The maximum atomic E-state index is 12.1. The average molecular weight is 312 g/mol.